The number of ether oxygens (including phenoxy) is 2. The van der Waals surface area contributed by atoms with Crippen LogP contribution >= 0.6 is 15.9 Å². The van der Waals surface area contributed by atoms with E-state index in [0.29, 0.717) is 13.2 Å². The van der Waals surface area contributed by atoms with E-state index >= 15 is 0 Å². The molecule has 5 heteroatoms. The second kappa shape index (κ2) is 7.01. The Kier molecular flexibility index (Phi) is 5.50. The third-order valence-corrected chi connectivity index (χ3v) is 4.28. The highest BCUT2D eigenvalue weighted by molar-refractivity contribution is 9.10. The van der Waals surface area contributed by atoms with Crippen molar-refractivity contribution in [3.8, 4) is 0 Å². The summed E-state index contributed by atoms with van der Waals surface area (Å²) in [5.41, 5.74) is 1.95. The third kappa shape index (κ3) is 4.46. The summed E-state index contributed by atoms with van der Waals surface area (Å²) in [7, 11) is 1.75. The van der Waals surface area contributed by atoms with Gasteiger partial charge < -0.3 is 14.4 Å². The van der Waals surface area contributed by atoms with Crippen LogP contribution in [0, 0.1) is 0 Å². The van der Waals surface area contributed by atoms with Gasteiger partial charge in [-0.05, 0) is 50.8 Å². The van der Waals surface area contributed by atoms with Crippen LogP contribution < -0.4 is 0 Å². The number of benzene rings is 1. The topological polar surface area (TPSA) is 38.8 Å². The van der Waals surface area contributed by atoms with Gasteiger partial charge >= 0.3 is 6.09 Å². The van der Waals surface area contributed by atoms with Gasteiger partial charge in [-0.25, -0.2) is 4.79 Å². The van der Waals surface area contributed by atoms with Gasteiger partial charge in [0.15, 0.2) is 0 Å². The van der Waals surface area contributed by atoms with Crippen molar-refractivity contribution in [2.24, 2.45) is 0 Å². The fraction of sp³-hybridized carbons (Fsp3) is 0.588. The largest absolute Gasteiger partial charge is 0.444 e. The number of hydrogen-bond acceptors (Lipinski definition) is 3. The van der Waals surface area contributed by atoms with Crippen LogP contribution in [0.3, 0.4) is 0 Å². The van der Waals surface area contributed by atoms with E-state index in [0.717, 1.165) is 22.9 Å². The van der Waals surface area contributed by atoms with Gasteiger partial charge in [0.05, 0.1) is 6.54 Å². The highest BCUT2D eigenvalue weighted by atomic mass is 79.9. The van der Waals surface area contributed by atoms with E-state index in [9.17, 15) is 4.79 Å². The van der Waals surface area contributed by atoms with Crippen LogP contribution in [0.1, 0.15) is 44.4 Å². The molecule has 1 atom stereocenters. The molecule has 22 heavy (non-hydrogen) atoms. The Morgan fingerprint density at radius 3 is 2.86 bits per heavy atom. The monoisotopic (exact) mass is 369 g/mol. The molecule has 0 N–H and O–H groups in total. The molecule has 0 radical (unpaired) electrons. The quantitative estimate of drug-likeness (QED) is 0.778. The van der Waals surface area contributed by atoms with Crippen LogP contribution in [-0.4, -0.2) is 36.8 Å². The van der Waals surface area contributed by atoms with Gasteiger partial charge in [0.2, 0.25) is 0 Å². The molecule has 122 valence electrons. The number of carbonyl (C=O) groups is 1. The van der Waals surface area contributed by atoms with E-state index in [4.69, 9.17) is 9.47 Å². The van der Waals surface area contributed by atoms with E-state index in [1.165, 1.54) is 5.56 Å². The van der Waals surface area contributed by atoms with Crippen molar-refractivity contribution >= 4 is 22.0 Å². The molecular weight excluding hydrogens is 346 g/mol. The summed E-state index contributed by atoms with van der Waals surface area (Å²) in [5, 5.41) is 0. The first-order valence-electron chi connectivity index (χ1n) is 7.61. The van der Waals surface area contributed by atoms with Crippen LogP contribution in [0.4, 0.5) is 4.79 Å². The summed E-state index contributed by atoms with van der Waals surface area (Å²) < 4.78 is 12.5. The van der Waals surface area contributed by atoms with E-state index in [-0.39, 0.29) is 12.2 Å². The molecule has 2 rings (SSSR count). The van der Waals surface area contributed by atoms with E-state index in [2.05, 4.69) is 28.1 Å². The SMILES string of the molecule is CN(CC1OCCCc2c(Br)cccc21)C(=O)OC(C)(C)C. The number of rotatable bonds is 2. The number of carbonyl (C=O) groups excluding carboxylic acids is 1. The lowest BCUT2D eigenvalue weighted by Crippen LogP contribution is -2.37. The molecule has 0 fully saturated rings. The van der Waals surface area contributed by atoms with Crippen LogP contribution in [0.25, 0.3) is 0 Å². The summed E-state index contributed by atoms with van der Waals surface area (Å²) >= 11 is 3.62. The fourth-order valence-corrected chi connectivity index (χ4v) is 3.10. The Labute approximate surface area is 140 Å². The molecule has 1 aliphatic rings. The van der Waals surface area contributed by atoms with Crippen molar-refractivity contribution in [1.29, 1.82) is 0 Å². The highest BCUT2D eigenvalue weighted by Gasteiger charge is 2.26. The average Bonchev–Trinajstić information content (AvgIpc) is 2.61. The van der Waals surface area contributed by atoms with E-state index in [1.807, 2.05) is 26.8 Å². The van der Waals surface area contributed by atoms with Gasteiger partial charge in [-0.15, -0.1) is 0 Å². The Morgan fingerprint density at radius 2 is 2.18 bits per heavy atom. The minimum Gasteiger partial charge on any atom is -0.444 e. The molecule has 1 aromatic carbocycles. The van der Waals surface area contributed by atoms with Crippen LogP contribution in [0.15, 0.2) is 22.7 Å². The molecule has 0 bridgehead atoms. The van der Waals surface area contributed by atoms with Gasteiger partial charge in [-0.3, -0.25) is 0 Å². The molecule has 0 spiro atoms. The molecule has 1 aromatic rings. The Bertz CT molecular complexity index is 539. The number of fused-ring (bicyclic) bond motifs is 1. The van der Waals surface area contributed by atoms with Crippen molar-refractivity contribution < 1.29 is 14.3 Å². The predicted octanol–water partition coefficient (Wildman–Crippen LogP) is 4.32. The van der Waals surface area contributed by atoms with E-state index in [1.54, 1.807) is 11.9 Å². The maximum Gasteiger partial charge on any atom is 0.410 e. The van der Waals surface area contributed by atoms with Crippen molar-refractivity contribution in [2.75, 3.05) is 20.2 Å². The molecule has 0 aliphatic carbocycles. The molecule has 1 heterocycles. The van der Waals surface area contributed by atoms with Crippen molar-refractivity contribution in [2.45, 2.75) is 45.3 Å². The lowest BCUT2D eigenvalue weighted by atomic mass is 9.99. The first-order valence-corrected chi connectivity index (χ1v) is 8.40. The smallest absolute Gasteiger partial charge is 0.410 e. The van der Waals surface area contributed by atoms with Crippen molar-refractivity contribution in [1.82, 2.24) is 4.90 Å². The van der Waals surface area contributed by atoms with E-state index < -0.39 is 5.60 Å². The summed E-state index contributed by atoms with van der Waals surface area (Å²) in [5.74, 6) is 0. The zero-order valence-electron chi connectivity index (χ0n) is 13.7. The lowest BCUT2D eigenvalue weighted by molar-refractivity contribution is 0.00409. The minimum atomic E-state index is -0.489. The molecule has 1 amide bonds. The molecule has 0 saturated heterocycles. The lowest BCUT2D eigenvalue weighted by Gasteiger charge is -2.28. The second-order valence-corrected chi connectivity index (χ2v) is 7.49. The summed E-state index contributed by atoms with van der Waals surface area (Å²) in [6.07, 6.45) is 1.54. The third-order valence-electron chi connectivity index (χ3n) is 3.54. The standard InChI is InChI=1S/C17H24BrNO3/c1-17(2,3)22-16(20)19(4)11-15-13-7-5-9-14(18)12(13)8-6-10-21-15/h5,7,9,15H,6,8,10-11H2,1-4H3. The van der Waals surface area contributed by atoms with Gasteiger partial charge in [-0.1, -0.05) is 28.1 Å². The predicted molar refractivity (Wildman–Crippen MR) is 90.0 cm³/mol. The normalized spacial score (nSPS) is 18.3. The molecule has 4 nitrogen and oxygen atoms in total. The van der Waals surface area contributed by atoms with Crippen molar-refractivity contribution in [3.63, 3.8) is 0 Å². The number of amides is 1. The van der Waals surface area contributed by atoms with Gasteiger partial charge in [0.1, 0.15) is 11.7 Å². The van der Waals surface area contributed by atoms with Crippen LogP contribution in [0.5, 0.6) is 0 Å². The minimum absolute atomic E-state index is 0.118. The van der Waals surface area contributed by atoms with Gasteiger partial charge in [0, 0.05) is 18.1 Å². The Hall–Kier alpha value is -1.07. The Morgan fingerprint density at radius 1 is 1.45 bits per heavy atom. The zero-order valence-corrected chi connectivity index (χ0v) is 15.3. The second-order valence-electron chi connectivity index (χ2n) is 6.63. The maximum atomic E-state index is 12.1. The molecule has 1 aliphatic heterocycles. The highest BCUT2D eigenvalue weighted by Crippen LogP contribution is 2.32. The van der Waals surface area contributed by atoms with Gasteiger partial charge in [-0.2, -0.15) is 0 Å². The zero-order chi connectivity index (χ0) is 16.3. The Balaban J connectivity index is 2.13. The van der Waals surface area contributed by atoms with Crippen LogP contribution in [-0.2, 0) is 15.9 Å². The van der Waals surface area contributed by atoms with Crippen molar-refractivity contribution in [3.05, 3.63) is 33.8 Å². The molecule has 0 aromatic heterocycles. The number of nitrogens with zero attached hydrogens (tertiary/aromatic N) is 1. The van der Waals surface area contributed by atoms with Gasteiger partial charge in [0.25, 0.3) is 0 Å². The summed E-state index contributed by atoms with van der Waals surface area (Å²) in [4.78, 5) is 13.7. The molecular formula is C17H24BrNO3. The number of likely N-dealkylation sites (N-methyl/N-ethyl adjacent to an activating group) is 1. The molecule has 1 unspecified atom stereocenters. The first-order chi connectivity index (χ1) is 10.3. The average molecular weight is 370 g/mol. The summed E-state index contributed by atoms with van der Waals surface area (Å²) in [6, 6.07) is 6.15. The van der Waals surface area contributed by atoms with Crippen LogP contribution in [0.2, 0.25) is 0 Å². The maximum absolute atomic E-state index is 12.1. The fourth-order valence-electron chi connectivity index (χ4n) is 2.52. The number of hydrogen-bond donors (Lipinski definition) is 0. The first kappa shape index (κ1) is 17.3. The molecule has 0 saturated carbocycles. The number of halogens is 1. The summed E-state index contributed by atoms with van der Waals surface area (Å²) in [6.45, 7) is 6.79.